The highest BCUT2D eigenvalue weighted by molar-refractivity contribution is 6.13. The van der Waals surface area contributed by atoms with E-state index in [0.717, 1.165) is 61.6 Å². The Bertz CT molecular complexity index is 3130. The van der Waals surface area contributed by atoms with Crippen molar-refractivity contribution in [3.8, 4) is 56.4 Å². The van der Waals surface area contributed by atoms with Gasteiger partial charge in [-0.2, -0.15) is 0 Å². The van der Waals surface area contributed by atoms with Crippen molar-refractivity contribution in [3.05, 3.63) is 212 Å². The number of benzene rings is 10. The Morgan fingerprint density at radius 2 is 0.877 bits per heavy atom. The molecule has 10 aromatic carbocycles. The lowest BCUT2D eigenvalue weighted by Crippen LogP contribution is -2.09. The number of nitrogens with zero attached hydrogens (tertiary/aromatic N) is 1. The minimum atomic E-state index is 0.696. The minimum absolute atomic E-state index is 0.696. The standard InChI is InChI=1S/C54H35NO2/c1-2-19-42(20-3-1)55(43-31-29-36(30-32-43)49-35-41-13-4-5-22-45(41)47-23-6-7-24-48(47)49)44-21-9-17-39(34-44)38-16-8-18-40(33-38)46-25-12-28-52-54(46)57-51-27-11-15-37-14-10-26-50(56-52)53(37)51/h1-35H. The lowest BCUT2D eigenvalue weighted by atomic mass is 9.93. The Hall–Kier alpha value is -7.62. The van der Waals surface area contributed by atoms with Crippen LogP contribution >= 0.6 is 0 Å². The molecular weight excluding hydrogens is 695 g/mol. The first kappa shape index (κ1) is 32.8. The zero-order valence-corrected chi connectivity index (χ0v) is 31.0. The van der Waals surface area contributed by atoms with Gasteiger partial charge in [0.05, 0.1) is 5.39 Å². The molecule has 3 heteroatoms. The van der Waals surface area contributed by atoms with Crippen LogP contribution in [0.4, 0.5) is 17.1 Å². The van der Waals surface area contributed by atoms with Gasteiger partial charge in [0, 0.05) is 22.6 Å². The molecule has 268 valence electrons. The average molecular weight is 730 g/mol. The van der Waals surface area contributed by atoms with Crippen molar-refractivity contribution in [1.82, 2.24) is 0 Å². The molecule has 0 bridgehead atoms. The number of hydrogen-bond donors (Lipinski definition) is 0. The van der Waals surface area contributed by atoms with E-state index < -0.39 is 0 Å². The molecule has 1 heterocycles. The maximum absolute atomic E-state index is 6.70. The Morgan fingerprint density at radius 3 is 1.70 bits per heavy atom. The maximum atomic E-state index is 6.70. The quantitative estimate of drug-likeness (QED) is 0.159. The molecule has 0 radical (unpaired) electrons. The van der Waals surface area contributed by atoms with Crippen LogP contribution in [0, 0.1) is 0 Å². The summed E-state index contributed by atoms with van der Waals surface area (Å²) in [5, 5.41) is 7.11. The van der Waals surface area contributed by atoms with Crippen LogP contribution in [0.1, 0.15) is 0 Å². The number of para-hydroxylation sites is 2. The van der Waals surface area contributed by atoms with Crippen LogP contribution in [-0.4, -0.2) is 0 Å². The first-order valence-corrected chi connectivity index (χ1v) is 19.3. The lowest BCUT2D eigenvalue weighted by molar-refractivity contribution is 0.440. The van der Waals surface area contributed by atoms with Crippen LogP contribution < -0.4 is 14.4 Å². The molecule has 1 aliphatic heterocycles. The van der Waals surface area contributed by atoms with Gasteiger partial charge in [-0.05, 0) is 121 Å². The molecule has 57 heavy (non-hydrogen) atoms. The second kappa shape index (κ2) is 13.6. The topological polar surface area (TPSA) is 21.7 Å². The smallest absolute Gasteiger partial charge is 0.177 e. The van der Waals surface area contributed by atoms with Crippen molar-refractivity contribution >= 4 is 49.4 Å². The number of anilines is 3. The summed E-state index contributed by atoms with van der Waals surface area (Å²) < 4.78 is 13.2. The van der Waals surface area contributed by atoms with E-state index in [9.17, 15) is 0 Å². The molecule has 0 aliphatic carbocycles. The van der Waals surface area contributed by atoms with Crippen LogP contribution in [0.15, 0.2) is 212 Å². The van der Waals surface area contributed by atoms with E-state index in [-0.39, 0.29) is 0 Å². The van der Waals surface area contributed by atoms with Crippen molar-refractivity contribution < 1.29 is 9.47 Å². The summed E-state index contributed by atoms with van der Waals surface area (Å²) >= 11 is 0. The van der Waals surface area contributed by atoms with E-state index in [0.29, 0.717) is 11.5 Å². The van der Waals surface area contributed by atoms with E-state index in [1.54, 1.807) is 0 Å². The van der Waals surface area contributed by atoms with Gasteiger partial charge in [0.1, 0.15) is 11.5 Å². The van der Waals surface area contributed by atoms with E-state index in [4.69, 9.17) is 9.47 Å². The maximum Gasteiger partial charge on any atom is 0.177 e. The predicted molar refractivity (Wildman–Crippen MR) is 237 cm³/mol. The lowest BCUT2D eigenvalue weighted by Gasteiger charge is -2.26. The molecule has 0 spiro atoms. The fraction of sp³-hybridized carbons (Fsp3) is 0. The van der Waals surface area contributed by atoms with Gasteiger partial charge < -0.3 is 14.4 Å². The summed E-state index contributed by atoms with van der Waals surface area (Å²) in [6, 6.07) is 75.1. The number of rotatable bonds is 6. The second-order valence-electron chi connectivity index (χ2n) is 14.5. The molecule has 0 N–H and O–H groups in total. The van der Waals surface area contributed by atoms with Gasteiger partial charge in [-0.15, -0.1) is 0 Å². The fourth-order valence-electron chi connectivity index (χ4n) is 8.40. The van der Waals surface area contributed by atoms with Gasteiger partial charge in [0.25, 0.3) is 0 Å². The van der Waals surface area contributed by atoms with Gasteiger partial charge in [-0.1, -0.05) is 146 Å². The van der Waals surface area contributed by atoms with Gasteiger partial charge in [0.2, 0.25) is 0 Å². The number of fused-ring (bicyclic) bond motifs is 4. The van der Waals surface area contributed by atoms with Crippen LogP contribution in [-0.2, 0) is 0 Å². The third kappa shape index (κ3) is 5.76. The number of ether oxygens (including phenoxy) is 2. The first-order valence-electron chi connectivity index (χ1n) is 19.3. The summed E-state index contributed by atoms with van der Waals surface area (Å²) in [4.78, 5) is 2.33. The van der Waals surface area contributed by atoms with Crippen molar-refractivity contribution in [2.75, 3.05) is 4.90 Å². The van der Waals surface area contributed by atoms with Gasteiger partial charge in [-0.3, -0.25) is 0 Å². The zero-order valence-electron chi connectivity index (χ0n) is 31.0. The monoisotopic (exact) mass is 729 g/mol. The largest absolute Gasteiger partial charge is 0.453 e. The summed E-state index contributed by atoms with van der Waals surface area (Å²) in [6.45, 7) is 0. The van der Waals surface area contributed by atoms with Crippen LogP contribution in [0.5, 0.6) is 23.0 Å². The molecule has 0 saturated heterocycles. The molecule has 0 unspecified atom stereocenters. The van der Waals surface area contributed by atoms with Crippen LogP contribution in [0.25, 0.3) is 65.7 Å². The summed E-state index contributed by atoms with van der Waals surface area (Å²) in [5.74, 6) is 2.99. The molecule has 0 saturated carbocycles. The van der Waals surface area contributed by atoms with E-state index in [1.165, 1.54) is 32.7 Å². The molecule has 11 rings (SSSR count). The zero-order chi connectivity index (χ0) is 37.7. The predicted octanol–water partition coefficient (Wildman–Crippen LogP) is 15.5. The summed E-state index contributed by atoms with van der Waals surface area (Å²) in [7, 11) is 0. The van der Waals surface area contributed by atoms with Gasteiger partial charge in [0.15, 0.2) is 11.5 Å². The summed E-state index contributed by atoms with van der Waals surface area (Å²) in [5.41, 5.74) is 9.92. The molecule has 1 aliphatic rings. The highest BCUT2D eigenvalue weighted by Crippen LogP contribution is 2.50. The van der Waals surface area contributed by atoms with Gasteiger partial charge >= 0.3 is 0 Å². The van der Waals surface area contributed by atoms with Crippen LogP contribution in [0.3, 0.4) is 0 Å². The SMILES string of the molecule is c1ccc(N(c2ccc(-c3cc4ccccc4c4ccccc34)cc2)c2cccc(-c3cccc(-c4cccc5c4Oc4cccc6cccc(c46)O5)c3)c2)cc1. The normalized spacial score (nSPS) is 11.8. The first-order chi connectivity index (χ1) is 28.2. The third-order valence-electron chi connectivity index (χ3n) is 11.1. The van der Waals surface area contributed by atoms with Crippen molar-refractivity contribution in [1.29, 1.82) is 0 Å². The highest BCUT2D eigenvalue weighted by Gasteiger charge is 2.22. The highest BCUT2D eigenvalue weighted by atomic mass is 16.5. The molecular formula is C54H35NO2. The summed E-state index contributed by atoms with van der Waals surface area (Å²) in [6.07, 6.45) is 0. The van der Waals surface area contributed by atoms with E-state index in [1.807, 2.05) is 36.4 Å². The fourth-order valence-corrected chi connectivity index (χ4v) is 8.40. The molecule has 3 nitrogen and oxygen atoms in total. The van der Waals surface area contributed by atoms with Crippen LogP contribution in [0.2, 0.25) is 0 Å². The minimum Gasteiger partial charge on any atom is -0.453 e. The molecule has 0 fully saturated rings. The Labute approximate surface area is 331 Å². The Balaban J connectivity index is 0.968. The Kier molecular flexibility index (Phi) is 7.82. The molecule has 0 aromatic heterocycles. The average Bonchev–Trinajstić information content (AvgIpc) is 3.45. The van der Waals surface area contributed by atoms with Crippen molar-refractivity contribution in [2.24, 2.45) is 0 Å². The second-order valence-corrected chi connectivity index (χ2v) is 14.5. The van der Waals surface area contributed by atoms with E-state index in [2.05, 4.69) is 181 Å². The van der Waals surface area contributed by atoms with Crippen molar-refractivity contribution in [3.63, 3.8) is 0 Å². The van der Waals surface area contributed by atoms with Gasteiger partial charge in [-0.25, -0.2) is 0 Å². The molecule has 0 atom stereocenters. The van der Waals surface area contributed by atoms with Crippen molar-refractivity contribution in [2.45, 2.75) is 0 Å². The van der Waals surface area contributed by atoms with E-state index >= 15 is 0 Å². The third-order valence-corrected chi connectivity index (χ3v) is 11.1. The Morgan fingerprint density at radius 1 is 0.298 bits per heavy atom. The molecule has 0 amide bonds. The molecule has 10 aromatic rings. The number of hydrogen-bond acceptors (Lipinski definition) is 3.